The molecule has 0 radical (unpaired) electrons. The van der Waals surface area contributed by atoms with Crippen molar-refractivity contribution in [1.82, 2.24) is 4.98 Å². The van der Waals surface area contributed by atoms with Gasteiger partial charge in [-0.2, -0.15) is 0 Å². The molecule has 3 rings (SSSR count). The molecule has 88 valence electrons. The average molecular weight is 308 g/mol. The molecular formula is C14H14BrNS. The molecule has 1 fully saturated rings. The van der Waals surface area contributed by atoms with Crippen LogP contribution in [0.3, 0.4) is 0 Å². The lowest BCUT2D eigenvalue weighted by molar-refractivity contribution is 0.906. The summed E-state index contributed by atoms with van der Waals surface area (Å²) in [5, 5.41) is 1.32. The SMILES string of the molecule is Cc1sc(C2CC2C)nc1-c1cccc(Br)c1. The van der Waals surface area contributed by atoms with Gasteiger partial charge in [-0.3, -0.25) is 0 Å². The number of benzene rings is 1. The molecule has 1 aliphatic carbocycles. The Balaban J connectivity index is 2.00. The second-order valence-corrected chi connectivity index (χ2v) is 6.94. The van der Waals surface area contributed by atoms with Crippen LogP contribution in [-0.2, 0) is 0 Å². The lowest BCUT2D eigenvalue weighted by atomic mass is 10.1. The molecule has 0 amide bonds. The molecule has 17 heavy (non-hydrogen) atoms. The zero-order valence-corrected chi connectivity index (χ0v) is 12.3. The monoisotopic (exact) mass is 307 g/mol. The van der Waals surface area contributed by atoms with E-state index in [4.69, 9.17) is 4.98 Å². The first-order valence-electron chi connectivity index (χ1n) is 5.88. The van der Waals surface area contributed by atoms with Crippen molar-refractivity contribution >= 4 is 27.3 Å². The number of rotatable bonds is 2. The summed E-state index contributed by atoms with van der Waals surface area (Å²) in [4.78, 5) is 6.16. The molecule has 1 aromatic carbocycles. The zero-order chi connectivity index (χ0) is 12.0. The molecule has 1 aromatic heterocycles. The van der Waals surface area contributed by atoms with Crippen molar-refractivity contribution < 1.29 is 0 Å². The topological polar surface area (TPSA) is 12.9 Å². The Hall–Kier alpha value is -0.670. The van der Waals surface area contributed by atoms with E-state index in [2.05, 4.69) is 54.0 Å². The minimum Gasteiger partial charge on any atom is -0.241 e. The Kier molecular flexibility index (Phi) is 2.83. The fraction of sp³-hybridized carbons (Fsp3) is 0.357. The molecule has 0 bridgehead atoms. The number of nitrogens with zero attached hydrogens (tertiary/aromatic N) is 1. The van der Waals surface area contributed by atoms with E-state index >= 15 is 0 Å². The molecule has 2 aromatic rings. The number of thiazole rings is 1. The molecule has 1 nitrogen and oxygen atoms in total. The lowest BCUT2D eigenvalue weighted by Crippen LogP contribution is -1.83. The highest BCUT2D eigenvalue weighted by Gasteiger charge is 2.36. The van der Waals surface area contributed by atoms with Gasteiger partial charge in [-0.1, -0.05) is 35.0 Å². The Morgan fingerprint density at radius 1 is 1.41 bits per heavy atom. The van der Waals surface area contributed by atoms with Gasteiger partial charge in [0.15, 0.2) is 0 Å². The Labute approximate surface area is 114 Å². The van der Waals surface area contributed by atoms with Crippen molar-refractivity contribution in [3.05, 3.63) is 38.6 Å². The molecular weight excluding hydrogens is 294 g/mol. The Bertz CT molecular complexity index is 561. The van der Waals surface area contributed by atoms with E-state index in [0.29, 0.717) is 0 Å². The van der Waals surface area contributed by atoms with Gasteiger partial charge >= 0.3 is 0 Å². The summed E-state index contributed by atoms with van der Waals surface area (Å²) in [6.07, 6.45) is 1.31. The van der Waals surface area contributed by atoms with E-state index in [1.165, 1.54) is 21.9 Å². The van der Waals surface area contributed by atoms with Crippen molar-refractivity contribution in [3.8, 4) is 11.3 Å². The second-order valence-electron chi connectivity index (χ2n) is 4.79. The van der Waals surface area contributed by atoms with E-state index in [9.17, 15) is 0 Å². The number of aromatic nitrogens is 1. The van der Waals surface area contributed by atoms with Crippen LogP contribution in [0, 0.1) is 12.8 Å². The fourth-order valence-electron chi connectivity index (χ4n) is 2.15. The maximum Gasteiger partial charge on any atom is 0.0969 e. The smallest absolute Gasteiger partial charge is 0.0969 e. The van der Waals surface area contributed by atoms with Crippen molar-refractivity contribution in [2.75, 3.05) is 0 Å². The third kappa shape index (κ3) is 2.18. The zero-order valence-electron chi connectivity index (χ0n) is 9.90. The minimum atomic E-state index is 0.722. The summed E-state index contributed by atoms with van der Waals surface area (Å²) in [6, 6.07) is 8.39. The molecule has 0 saturated heterocycles. The van der Waals surface area contributed by atoms with Gasteiger partial charge in [-0.25, -0.2) is 4.98 Å². The summed E-state index contributed by atoms with van der Waals surface area (Å²) >= 11 is 5.38. The van der Waals surface area contributed by atoms with E-state index in [-0.39, 0.29) is 0 Å². The highest BCUT2D eigenvalue weighted by Crippen LogP contribution is 2.49. The lowest BCUT2D eigenvalue weighted by Gasteiger charge is -1.99. The summed E-state index contributed by atoms with van der Waals surface area (Å²) in [5.74, 6) is 1.55. The largest absolute Gasteiger partial charge is 0.241 e. The highest BCUT2D eigenvalue weighted by atomic mass is 79.9. The van der Waals surface area contributed by atoms with Crippen LogP contribution in [0.1, 0.15) is 29.1 Å². The molecule has 0 N–H and O–H groups in total. The molecule has 0 aliphatic heterocycles. The number of hydrogen-bond donors (Lipinski definition) is 0. The maximum atomic E-state index is 4.83. The van der Waals surface area contributed by atoms with Gasteiger partial charge in [0, 0.05) is 20.8 Å². The first-order chi connectivity index (χ1) is 8.15. The maximum absolute atomic E-state index is 4.83. The number of hydrogen-bond acceptors (Lipinski definition) is 2. The molecule has 1 saturated carbocycles. The summed E-state index contributed by atoms with van der Waals surface area (Å²) in [6.45, 7) is 4.48. The van der Waals surface area contributed by atoms with Gasteiger partial charge in [0.25, 0.3) is 0 Å². The van der Waals surface area contributed by atoms with Crippen LogP contribution < -0.4 is 0 Å². The third-order valence-electron chi connectivity index (χ3n) is 3.34. The molecule has 2 unspecified atom stereocenters. The minimum absolute atomic E-state index is 0.722. The Morgan fingerprint density at radius 2 is 2.18 bits per heavy atom. The standard InChI is InChI=1S/C14H14BrNS/c1-8-6-12(8)14-16-13(9(2)17-14)10-4-3-5-11(15)7-10/h3-5,7-8,12H,6H2,1-2H3. The van der Waals surface area contributed by atoms with Crippen molar-refractivity contribution in [2.24, 2.45) is 5.92 Å². The molecule has 0 spiro atoms. The average Bonchev–Trinajstić information content (AvgIpc) is 2.88. The number of aryl methyl sites for hydroxylation is 1. The van der Waals surface area contributed by atoms with E-state index in [1.807, 2.05) is 11.3 Å². The van der Waals surface area contributed by atoms with Crippen molar-refractivity contribution in [1.29, 1.82) is 0 Å². The normalized spacial score (nSPS) is 22.8. The first kappa shape index (κ1) is 11.4. The van der Waals surface area contributed by atoms with Crippen molar-refractivity contribution in [3.63, 3.8) is 0 Å². The van der Waals surface area contributed by atoms with E-state index in [0.717, 1.165) is 22.0 Å². The van der Waals surface area contributed by atoms with Crippen LogP contribution in [0.25, 0.3) is 11.3 Å². The van der Waals surface area contributed by atoms with E-state index < -0.39 is 0 Å². The van der Waals surface area contributed by atoms with Gasteiger partial charge < -0.3 is 0 Å². The van der Waals surface area contributed by atoms with Crippen LogP contribution in [0.2, 0.25) is 0 Å². The predicted octanol–water partition coefficient (Wildman–Crippen LogP) is 5.00. The van der Waals surface area contributed by atoms with Gasteiger partial charge in [0.2, 0.25) is 0 Å². The highest BCUT2D eigenvalue weighted by molar-refractivity contribution is 9.10. The molecule has 1 heterocycles. The summed E-state index contributed by atoms with van der Waals surface area (Å²) in [7, 11) is 0. The third-order valence-corrected chi connectivity index (χ3v) is 4.93. The van der Waals surface area contributed by atoms with E-state index in [1.54, 1.807) is 0 Å². The van der Waals surface area contributed by atoms with Gasteiger partial charge in [-0.05, 0) is 31.4 Å². The summed E-state index contributed by atoms with van der Waals surface area (Å²) in [5.41, 5.74) is 2.37. The Morgan fingerprint density at radius 3 is 2.82 bits per heavy atom. The predicted molar refractivity (Wildman–Crippen MR) is 76.5 cm³/mol. The van der Waals surface area contributed by atoms with Crippen LogP contribution in [0.15, 0.2) is 28.7 Å². The van der Waals surface area contributed by atoms with Gasteiger partial charge in [0.05, 0.1) is 10.7 Å². The van der Waals surface area contributed by atoms with Crippen molar-refractivity contribution in [2.45, 2.75) is 26.2 Å². The number of halogens is 1. The molecule has 1 aliphatic rings. The molecule has 2 atom stereocenters. The van der Waals surface area contributed by atoms with Gasteiger partial charge in [-0.15, -0.1) is 11.3 Å². The van der Waals surface area contributed by atoms with Crippen LogP contribution in [0.5, 0.6) is 0 Å². The first-order valence-corrected chi connectivity index (χ1v) is 7.49. The quantitative estimate of drug-likeness (QED) is 0.760. The van der Waals surface area contributed by atoms with Crippen LogP contribution in [-0.4, -0.2) is 4.98 Å². The van der Waals surface area contributed by atoms with Crippen LogP contribution in [0.4, 0.5) is 0 Å². The fourth-order valence-corrected chi connectivity index (χ4v) is 3.74. The second kappa shape index (κ2) is 4.21. The summed E-state index contributed by atoms with van der Waals surface area (Å²) < 4.78 is 1.11. The van der Waals surface area contributed by atoms with Gasteiger partial charge in [0.1, 0.15) is 0 Å². The molecule has 3 heteroatoms. The van der Waals surface area contributed by atoms with Crippen LogP contribution >= 0.6 is 27.3 Å².